The van der Waals surface area contributed by atoms with Crippen LogP contribution in [-0.2, 0) is 6.42 Å². The fourth-order valence-electron chi connectivity index (χ4n) is 1.89. The van der Waals surface area contributed by atoms with Gasteiger partial charge in [0.2, 0.25) is 0 Å². The molecule has 1 aromatic rings. The number of hydrogen-bond acceptors (Lipinski definition) is 2. The van der Waals surface area contributed by atoms with Crippen LogP contribution in [0.3, 0.4) is 0 Å². The van der Waals surface area contributed by atoms with Crippen molar-refractivity contribution in [1.29, 1.82) is 0 Å². The van der Waals surface area contributed by atoms with Crippen molar-refractivity contribution >= 4 is 21.7 Å². The molecule has 14 heavy (non-hydrogen) atoms. The van der Waals surface area contributed by atoms with Crippen LogP contribution in [0.1, 0.15) is 22.8 Å². The molecule has 0 aromatic heterocycles. The van der Waals surface area contributed by atoms with Gasteiger partial charge >= 0.3 is 0 Å². The molecule has 0 amide bonds. The Bertz CT molecular complexity index is 399. The van der Waals surface area contributed by atoms with Crippen LogP contribution >= 0.6 is 15.9 Å². The predicted molar refractivity (Wildman–Crippen MR) is 57.9 cm³/mol. The third-order valence-electron chi connectivity index (χ3n) is 2.64. The summed E-state index contributed by atoms with van der Waals surface area (Å²) in [6.07, 6.45) is 0.811. The molecule has 1 atom stereocenters. The number of fused-ring (bicyclic) bond motifs is 1. The fourth-order valence-corrected chi connectivity index (χ4v) is 2.38. The minimum absolute atomic E-state index is 0.0811. The summed E-state index contributed by atoms with van der Waals surface area (Å²) in [5.74, 6) is 0.966. The molecular weight excluding hydrogens is 244 g/mol. The number of benzene rings is 1. The van der Waals surface area contributed by atoms with E-state index < -0.39 is 0 Å². The predicted octanol–water partition coefficient (Wildman–Crippen LogP) is 2.83. The van der Waals surface area contributed by atoms with Gasteiger partial charge < -0.3 is 4.74 Å². The van der Waals surface area contributed by atoms with Crippen molar-refractivity contribution in [2.24, 2.45) is 5.92 Å². The minimum Gasteiger partial charge on any atom is -0.496 e. The summed E-state index contributed by atoms with van der Waals surface area (Å²) < 4.78 is 6.19. The second kappa shape index (κ2) is 3.39. The molecule has 0 heterocycles. The number of carbonyl (C=O) groups excluding carboxylic acids is 1. The normalized spacial score (nSPS) is 19.6. The van der Waals surface area contributed by atoms with Crippen molar-refractivity contribution in [2.75, 3.05) is 7.11 Å². The number of hydrogen-bond donors (Lipinski definition) is 0. The van der Waals surface area contributed by atoms with E-state index in [2.05, 4.69) is 15.9 Å². The van der Waals surface area contributed by atoms with E-state index in [1.807, 2.05) is 19.1 Å². The molecule has 0 spiro atoms. The van der Waals surface area contributed by atoms with Gasteiger partial charge in [0, 0.05) is 10.4 Å². The van der Waals surface area contributed by atoms with Crippen molar-refractivity contribution in [3.63, 3.8) is 0 Å². The summed E-state index contributed by atoms with van der Waals surface area (Å²) in [6.45, 7) is 1.95. The fraction of sp³-hybridized carbons (Fsp3) is 0.364. The van der Waals surface area contributed by atoms with Crippen LogP contribution < -0.4 is 4.74 Å². The van der Waals surface area contributed by atoms with Gasteiger partial charge in [0.25, 0.3) is 0 Å². The van der Waals surface area contributed by atoms with Crippen LogP contribution in [0.4, 0.5) is 0 Å². The lowest BCUT2D eigenvalue weighted by molar-refractivity contribution is 0.0944. The Morgan fingerprint density at radius 2 is 2.21 bits per heavy atom. The maximum Gasteiger partial charge on any atom is 0.170 e. The van der Waals surface area contributed by atoms with Gasteiger partial charge in [0.15, 0.2) is 5.78 Å². The number of ether oxygens (including phenoxy) is 1. The molecule has 1 aromatic carbocycles. The first kappa shape index (κ1) is 9.71. The van der Waals surface area contributed by atoms with Crippen LogP contribution in [0.25, 0.3) is 0 Å². The number of halogens is 1. The summed E-state index contributed by atoms with van der Waals surface area (Å²) in [5, 5.41) is 0. The van der Waals surface area contributed by atoms with E-state index in [1.54, 1.807) is 7.11 Å². The zero-order valence-electron chi connectivity index (χ0n) is 8.13. The number of methoxy groups -OCH3 is 1. The molecule has 0 saturated heterocycles. The molecule has 74 valence electrons. The smallest absolute Gasteiger partial charge is 0.170 e. The molecule has 0 saturated carbocycles. The summed E-state index contributed by atoms with van der Waals surface area (Å²) in [7, 11) is 1.60. The maximum atomic E-state index is 11.8. The Kier molecular flexibility index (Phi) is 2.35. The van der Waals surface area contributed by atoms with Gasteiger partial charge in [-0.3, -0.25) is 4.79 Å². The lowest BCUT2D eigenvalue weighted by Gasteiger charge is -2.06. The highest BCUT2D eigenvalue weighted by molar-refractivity contribution is 9.10. The largest absolute Gasteiger partial charge is 0.496 e. The first-order valence-corrected chi connectivity index (χ1v) is 5.34. The van der Waals surface area contributed by atoms with Crippen molar-refractivity contribution in [3.05, 3.63) is 27.7 Å². The van der Waals surface area contributed by atoms with Crippen molar-refractivity contribution in [1.82, 2.24) is 0 Å². The number of rotatable bonds is 1. The highest BCUT2D eigenvalue weighted by Gasteiger charge is 2.31. The Morgan fingerprint density at radius 1 is 1.50 bits per heavy atom. The summed E-state index contributed by atoms with van der Waals surface area (Å²) in [4.78, 5) is 11.8. The topological polar surface area (TPSA) is 26.3 Å². The molecule has 0 aliphatic heterocycles. The Hall–Kier alpha value is -0.830. The highest BCUT2D eigenvalue weighted by Crippen LogP contribution is 2.37. The van der Waals surface area contributed by atoms with E-state index in [4.69, 9.17) is 4.74 Å². The Labute approximate surface area is 91.4 Å². The average molecular weight is 255 g/mol. The Balaban J connectivity index is 2.65. The van der Waals surface area contributed by atoms with Gasteiger partial charge in [0.1, 0.15) is 5.75 Å². The van der Waals surface area contributed by atoms with Crippen molar-refractivity contribution < 1.29 is 9.53 Å². The monoisotopic (exact) mass is 254 g/mol. The molecule has 0 bridgehead atoms. The molecule has 1 aliphatic rings. The highest BCUT2D eigenvalue weighted by atomic mass is 79.9. The van der Waals surface area contributed by atoms with E-state index in [9.17, 15) is 4.79 Å². The molecule has 2 rings (SSSR count). The first-order chi connectivity index (χ1) is 6.65. The van der Waals surface area contributed by atoms with Crippen LogP contribution in [0, 0.1) is 5.92 Å². The quantitative estimate of drug-likeness (QED) is 0.771. The Morgan fingerprint density at radius 3 is 2.86 bits per heavy atom. The molecular formula is C11H11BrO2. The number of ketones is 1. The van der Waals surface area contributed by atoms with E-state index in [-0.39, 0.29) is 11.7 Å². The third-order valence-corrected chi connectivity index (χ3v) is 3.38. The number of Topliss-reactive ketones (excluding diaryl/α,β-unsaturated/α-hetero) is 1. The molecule has 2 nitrogen and oxygen atoms in total. The molecule has 0 unspecified atom stereocenters. The minimum atomic E-state index is 0.0811. The van der Waals surface area contributed by atoms with Gasteiger partial charge in [-0.1, -0.05) is 22.9 Å². The lowest BCUT2D eigenvalue weighted by atomic mass is 10.1. The van der Waals surface area contributed by atoms with Crippen LogP contribution in [0.2, 0.25) is 0 Å². The van der Waals surface area contributed by atoms with Crippen molar-refractivity contribution in [3.8, 4) is 5.75 Å². The second-order valence-electron chi connectivity index (χ2n) is 3.57. The van der Waals surface area contributed by atoms with Gasteiger partial charge in [-0.2, -0.15) is 0 Å². The zero-order chi connectivity index (χ0) is 10.3. The lowest BCUT2D eigenvalue weighted by Crippen LogP contribution is -2.04. The van der Waals surface area contributed by atoms with E-state index in [0.29, 0.717) is 5.75 Å². The number of carbonyl (C=O) groups is 1. The summed E-state index contributed by atoms with van der Waals surface area (Å²) in [5.41, 5.74) is 1.84. The molecule has 0 fully saturated rings. The van der Waals surface area contributed by atoms with Gasteiger partial charge in [-0.15, -0.1) is 0 Å². The molecule has 0 radical (unpaired) electrons. The van der Waals surface area contributed by atoms with Gasteiger partial charge in [-0.05, 0) is 24.1 Å². The maximum absolute atomic E-state index is 11.8. The molecule has 3 heteroatoms. The summed E-state index contributed by atoms with van der Waals surface area (Å²) >= 11 is 3.46. The van der Waals surface area contributed by atoms with Gasteiger partial charge in [0.05, 0.1) is 12.7 Å². The van der Waals surface area contributed by atoms with E-state index in [0.717, 1.165) is 22.0 Å². The molecule has 0 N–H and O–H groups in total. The van der Waals surface area contributed by atoms with Gasteiger partial charge in [-0.25, -0.2) is 0 Å². The molecule has 1 aliphatic carbocycles. The first-order valence-electron chi connectivity index (χ1n) is 4.54. The SMILES string of the molecule is COc1ccc(Br)c2c1C(=O)[C@H](C)C2. The van der Waals surface area contributed by atoms with E-state index in [1.165, 1.54) is 0 Å². The van der Waals surface area contributed by atoms with E-state index >= 15 is 0 Å². The average Bonchev–Trinajstić information content (AvgIpc) is 2.47. The van der Waals surface area contributed by atoms with Crippen molar-refractivity contribution in [2.45, 2.75) is 13.3 Å². The van der Waals surface area contributed by atoms with Crippen LogP contribution in [0.5, 0.6) is 5.75 Å². The zero-order valence-corrected chi connectivity index (χ0v) is 9.72. The standard InChI is InChI=1S/C11H11BrO2/c1-6-5-7-8(12)3-4-9(14-2)10(7)11(6)13/h3-4,6H,5H2,1-2H3/t6-/m1/s1. The summed E-state index contributed by atoms with van der Waals surface area (Å²) in [6, 6.07) is 3.77. The van der Waals surface area contributed by atoms with Crippen LogP contribution in [0.15, 0.2) is 16.6 Å². The second-order valence-corrected chi connectivity index (χ2v) is 4.43. The van der Waals surface area contributed by atoms with Crippen LogP contribution in [-0.4, -0.2) is 12.9 Å². The third kappa shape index (κ3) is 1.27.